The van der Waals surface area contributed by atoms with E-state index in [0.717, 1.165) is 36.6 Å². The number of amides is 1. The quantitative estimate of drug-likeness (QED) is 0.869. The van der Waals surface area contributed by atoms with E-state index in [4.69, 9.17) is 0 Å². The predicted octanol–water partition coefficient (Wildman–Crippen LogP) is 1.97. The van der Waals surface area contributed by atoms with Crippen LogP contribution in [0.25, 0.3) is 0 Å². The third kappa shape index (κ3) is 4.22. The lowest BCUT2D eigenvalue weighted by atomic mass is 9.79. The highest BCUT2D eigenvalue weighted by atomic mass is 19.1. The van der Waals surface area contributed by atoms with Crippen molar-refractivity contribution in [3.63, 3.8) is 0 Å². The van der Waals surface area contributed by atoms with Gasteiger partial charge in [0.2, 0.25) is 5.91 Å². The largest absolute Gasteiger partial charge is 0.354 e. The van der Waals surface area contributed by atoms with Gasteiger partial charge in [0.1, 0.15) is 17.5 Å². The van der Waals surface area contributed by atoms with Crippen LogP contribution < -0.4 is 5.32 Å². The molecule has 2 aromatic rings. The van der Waals surface area contributed by atoms with E-state index in [1.54, 1.807) is 19.1 Å². The summed E-state index contributed by atoms with van der Waals surface area (Å²) < 4.78 is 15.0. The summed E-state index contributed by atoms with van der Waals surface area (Å²) in [5.74, 6) is 2.03. The number of hydrogen-bond acceptors (Lipinski definition) is 4. The summed E-state index contributed by atoms with van der Waals surface area (Å²) >= 11 is 0. The van der Waals surface area contributed by atoms with Crippen LogP contribution in [0.15, 0.2) is 24.3 Å². The van der Waals surface area contributed by atoms with Crippen molar-refractivity contribution < 1.29 is 9.18 Å². The molecule has 25 heavy (non-hydrogen) atoms. The Morgan fingerprint density at radius 2 is 1.96 bits per heavy atom. The van der Waals surface area contributed by atoms with Crippen LogP contribution in [0.3, 0.4) is 0 Å². The number of halogens is 1. The third-order valence-corrected chi connectivity index (χ3v) is 4.69. The monoisotopic (exact) mass is 345 g/mol. The predicted molar refractivity (Wildman–Crippen MR) is 92.2 cm³/mol. The third-order valence-electron chi connectivity index (χ3n) is 4.69. The van der Waals surface area contributed by atoms with Crippen molar-refractivity contribution in [2.24, 2.45) is 7.05 Å². The maximum absolute atomic E-state index is 13.0. The number of hydrogen-bond donors (Lipinski definition) is 1. The second kappa shape index (κ2) is 7.31. The van der Waals surface area contributed by atoms with Gasteiger partial charge in [-0.05, 0) is 37.6 Å². The highest BCUT2D eigenvalue weighted by Gasteiger charge is 2.34. The fraction of sp³-hybridized carbons (Fsp3) is 0.500. The number of carbonyl (C=O) groups is 1. The highest BCUT2D eigenvalue weighted by molar-refractivity contribution is 5.73. The van der Waals surface area contributed by atoms with E-state index in [-0.39, 0.29) is 17.8 Å². The van der Waals surface area contributed by atoms with Crippen molar-refractivity contribution in [1.82, 2.24) is 25.0 Å². The minimum atomic E-state index is -0.220. The average molecular weight is 345 g/mol. The molecule has 1 aromatic carbocycles. The Balaban J connectivity index is 1.56. The van der Waals surface area contributed by atoms with Crippen molar-refractivity contribution in [2.75, 3.05) is 7.05 Å². The lowest BCUT2D eigenvalue weighted by molar-refractivity contribution is -0.120. The summed E-state index contributed by atoms with van der Waals surface area (Å²) in [6, 6.07) is 6.80. The fourth-order valence-corrected chi connectivity index (χ4v) is 3.30. The molecule has 0 bridgehead atoms. The van der Waals surface area contributed by atoms with Crippen LogP contribution in [-0.4, -0.2) is 38.7 Å². The second-order valence-electron chi connectivity index (χ2n) is 6.90. The van der Waals surface area contributed by atoms with Crippen LogP contribution in [0.4, 0.5) is 4.39 Å². The summed E-state index contributed by atoms with van der Waals surface area (Å²) in [7, 11) is 4.00. The number of nitrogens with one attached hydrogen (secondary N) is 1. The number of rotatable bonds is 6. The van der Waals surface area contributed by atoms with E-state index >= 15 is 0 Å². The van der Waals surface area contributed by atoms with E-state index in [2.05, 4.69) is 25.0 Å². The van der Waals surface area contributed by atoms with Crippen molar-refractivity contribution in [1.29, 1.82) is 0 Å². The molecule has 1 aromatic heterocycles. The van der Waals surface area contributed by atoms with Gasteiger partial charge in [0.15, 0.2) is 0 Å². The summed E-state index contributed by atoms with van der Waals surface area (Å²) in [4.78, 5) is 13.2. The molecule has 0 saturated heterocycles. The zero-order chi connectivity index (χ0) is 18.0. The van der Waals surface area contributed by atoms with Gasteiger partial charge in [-0.3, -0.25) is 9.69 Å². The Morgan fingerprint density at radius 3 is 2.60 bits per heavy atom. The van der Waals surface area contributed by atoms with E-state index in [1.165, 1.54) is 12.1 Å². The van der Waals surface area contributed by atoms with E-state index in [0.29, 0.717) is 12.5 Å². The second-order valence-corrected chi connectivity index (χ2v) is 6.90. The number of benzene rings is 1. The lowest BCUT2D eigenvalue weighted by Gasteiger charge is -2.34. The molecule has 1 fully saturated rings. The smallest absolute Gasteiger partial charge is 0.217 e. The highest BCUT2D eigenvalue weighted by Crippen LogP contribution is 2.35. The van der Waals surface area contributed by atoms with Gasteiger partial charge in [-0.15, -0.1) is 10.2 Å². The minimum Gasteiger partial charge on any atom is -0.354 e. The minimum absolute atomic E-state index is 0.0181. The van der Waals surface area contributed by atoms with Gasteiger partial charge in [-0.2, -0.15) is 0 Å². The molecule has 0 aliphatic heterocycles. The molecule has 1 aliphatic carbocycles. The molecule has 0 radical (unpaired) electrons. The van der Waals surface area contributed by atoms with Gasteiger partial charge in [0.05, 0.1) is 6.54 Å². The molecule has 0 atom stereocenters. The number of nitrogens with zero attached hydrogens (tertiary/aromatic N) is 4. The van der Waals surface area contributed by atoms with Gasteiger partial charge in [0, 0.05) is 32.5 Å². The summed E-state index contributed by atoms with van der Waals surface area (Å²) in [5.41, 5.74) is 1.06. The summed E-state index contributed by atoms with van der Waals surface area (Å²) in [6.07, 6.45) is 1.83. The van der Waals surface area contributed by atoms with Crippen LogP contribution >= 0.6 is 0 Å². The van der Waals surface area contributed by atoms with Crippen LogP contribution in [0.2, 0.25) is 0 Å². The molecule has 134 valence electrons. The van der Waals surface area contributed by atoms with Crippen LogP contribution in [0.5, 0.6) is 0 Å². The molecule has 1 amide bonds. The molecule has 3 rings (SSSR count). The first-order chi connectivity index (χ1) is 11.9. The van der Waals surface area contributed by atoms with Gasteiger partial charge < -0.3 is 9.88 Å². The first-order valence-corrected chi connectivity index (χ1v) is 8.50. The summed E-state index contributed by atoms with van der Waals surface area (Å²) in [5, 5.41) is 11.6. The Kier molecular flexibility index (Phi) is 5.13. The van der Waals surface area contributed by atoms with Gasteiger partial charge >= 0.3 is 0 Å². The molecular weight excluding hydrogens is 321 g/mol. The molecule has 1 saturated carbocycles. The number of carbonyl (C=O) groups excluding carboxylic acids is 1. The number of aromatic nitrogens is 3. The zero-order valence-electron chi connectivity index (χ0n) is 14.9. The summed E-state index contributed by atoms with van der Waals surface area (Å²) in [6.45, 7) is 2.93. The van der Waals surface area contributed by atoms with Gasteiger partial charge in [-0.25, -0.2) is 4.39 Å². The molecule has 1 heterocycles. The Morgan fingerprint density at radius 1 is 1.28 bits per heavy atom. The van der Waals surface area contributed by atoms with Crippen molar-refractivity contribution in [2.45, 2.75) is 44.8 Å². The Bertz CT molecular complexity index is 736. The van der Waals surface area contributed by atoms with Gasteiger partial charge in [-0.1, -0.05) is 12.1 Å². The lowest BCUT2D eigenvalue weighted by Crippen LogP contribution is -2.43. The van der Waals surface area contributed by atoms with Crippen molar-refractivity contribution in [3.8, 4) is 0 Å². The maximum Gasteiger partial charge on any atom is 0.217 e. The van der Waals surface area contributed by atoms with Crippen LogP contribution in [0, 0.1) is 5.82 Å². The normalized spacial score (nSPS) is 19.7. The molecule has 1 aliphatic rings. The molecular formula is C18H24FN5O. The molecule has 0 unspecified atom stereocenters. The zero-order valence-corrected chi connectivity index (χ0v) is 14.9. The molecule has 6 nitrogen and oxygen atoms in total. The topological polar surface area (TPSA) is 63.1 Å². The van der Waals surface area contributed by atoms with Crippen molar-refractivity contribution >= 4 is 5.91 Å². The molecule has 1 N–H and O–H groups in total. The Hall–Kier alpha value is -2.28. The first-order valence-electron chi connectivity index (χ1n) is 8.50. The first kappa shape index (κ1) is 17.5. The maximum atomic E-state index is 13.0. The standard InChI is InChI=1S/C18H24FN5O/c1-12(25)20-16-8-14(9-16)18-22-21-17(24(18)3)11-23(2)10-13-4-6-15(19)7-5-13/h4-7,14,16H,8-11H2,1-3H3,(H,20,25). The average Bonchev–Trinajstić information content (AvgIpc) is 2.86. The van der Waals surface area contributed by atoms with Crippen LogP contribution in [-0.2, 0) is 24.9 Å². The molecule has 0 spiro atoms. The van der Waals surface area contributed by atoms with E-state index in [9.17, 15) is 9.18 Å². The van der Waals surface area contributed by atoms with Gasteiger partial charge in [0.25, 0.3) is 0 Å². The van der Waals surface area contributed by atoms with Crippen LogP contribution in [0.1, 0.15) is 42.9 Å². The van der Waals surface area contributed by atoms with Crippen molar-refractivity contribution in [3.05, 3.63) is 47.3 Å². The fourth-order valence-electron chi connectivity index (χ4n) is 3.30. The van der Waals surface area contributed by atoms with E-state index < -0.39 is 0 Å². The Labute approximate surface area is 147 Å². The SMILES string of the molecule is CC(=O)NC1CC(c2nnc(CN(C)Cc3ccc(F)cc3)n2C)C1. The molecule has 7 heteroatoms. The van der Waals surface area contributed by atoms with E-state index in [1.807, 2.05) is 14.1 Å².